The summed E-state index contributed by atoms with van der Waals surface area (Å²) in [6.45, 7) is -0.169. The predicted octanol–water partition coefficient (Wildman–Crippen LogP) is 3.06. The number of aromatic nitrogens is 3. The van der Waals surface area contributed by atoms with E-state index >= 15 is 0 Å². The van der Waals surface area contributed by atoms with Crippen LogP contribution in [0.1, 0.15) is 17.2 Å². The molecule has 1 unspecified atom stereocenters. The second-order valence-corrected chi connectivity index (χ2v) is 6.77. The molecular formula is C21H17ClN4O2. The third kappa shape index (κ3) is 3.68. The zero-order valence-electron chi connectivity index (χ0n) is 14.8. The standard InChI is InChI=1S/C21H17ClN4O2/c22-17-11-9-16(10-12-17)20(15-6-2-1-3-7-15)23-19(27)14-26-21(28)25-13-5-4-8-18(25)24-26/h1-13,20H,14H2,(H,23,27). The summed E-state index contributed by atoms with van der Waals surface area (Å²) in [5.41, 5.74) is 1.97. The molecule has 0 saturated heterocycles. The van der Waals surface area contributed by atoms with Gasteiger partial charge in [0, 0.05) is 11.2 Å². The summed E-state index contributed by atoms with van der Waals surface area (Å²) in [5.74, 6) is -0.311. The number of nitrogens with zero attached hydrogens (tertiary/aromatic N) is 3. The summed E-state index contributed by atoms with van der Waals surface area (Å²) in [5, 5.41) is 7.83. The van der Waals surface area contributed by atoms with Crippen LogP contribution in [0.25, 0.3) is 5.65 Å². The van der Waals surface area contributed by atoms with Crippen molar-refractivity contribution in [3.05, 3.63) is 106 Å². The van der Waals surface area contributed by atoms with Crippen molar-refractivity contribution in [2.75, 3.05) is 0 Å². The fourth-order valence-electron chi connectivity index (χ4n) is 3.07. The number of benzene rings is 2. The monoisotopic (exact) mass is 392 g/mol. The molecule has 2 aromatic carbocycles. The number of hydrogen-bond acceptors (Lipinski definition) is 3. The van der Waals surface area contributed by atoms with E-state index in [1.165, 1.54) is 4.40 Å². The summed E-state index contributed by atoms with van der Waals surface area (Å²) < 4.78 is 2.57. The first-order chi connectivity index (χ1) is 13.6. The van der Waals surface area contributed by atoms with Gasteiger partial charge >= 0.3 is 5.69 Å². The number of fused-ring (bicyclic) bond motifs is 1. The number of nitrogens with one attached hydrogen (secondary N) is 1. The molecule has 2 heterocycles. The Balaban J connectivity index is 1.61. The highest BCUT2D eigenvalue weighted by atomic mass is 35.5. The van der Waals surface area contributed by atoms with Crippen LogP contribution < -0.4 is 11.0 Å². The molecule has 0 bridgehead atoms. The third-order valence-corrected chi connectivity index (χ3v) is 4.68. The van der Waals surface area contributed by atoms with Crippen LogP contribution in [0.15, 0.2) is 83.8 Å². The van der Waals surface area contributed by atoms with Gasteiger partial charge in [-0.25, -0.2) is 9.48 Å². The number of rotatable bonds is 5. The minimum absolute atomic E-state index is 0.169. The lowest BCUT2D eigenvalue weighted by Crippen LogP contribution is -2.35. The normalized spacial score (nSPS) is 12.0. The Morgan fingerprint density at radius 3 is 2.36 bits per heavy atom. The molecule has 0 aliphatic heterocycles. The van der Waals surface area contributed by atoms with Gasteiger partial charge in [0.15, 0.2) is 5.65 Å². The molecule has 28 heavy (non-hydrogen) atoms. The van der Waals surface area contributed by atoms with E-state index in [0.29, 0.717) is 10.7 Å². The first-order valence-corrected chi connectivity index (χ1v) is 9.13. The summed E-state index contributed by atoms with van der Waals surface area (Å²) in [4.78, 5) is 25.1. The SMILES string of the molecule is O=C(Cn1nc2ccccn2c1=O)NC(c1ccccc1)c1ccc(Cl)cc1. The van der Waals surface area contributed by atoms with Crippen molar-refractivity contribution in [2.45, 2.75) is 12.6 Å². The Morgan fingerprint density at radius 1 is 0.964 bits per heavy atom. The highest BCUT2D eigenvalue weighted by Gasteiger charge is 2.18. The maximum absolute atomic E-state index is 12.7. The number of amides is 1. The van der Waals surface area contributed by atoms with Gasteiger partial charge in [-0.3, -0.25) is 9.20 Å². The molecule has 1 N–H and O–H groups in total. The van der Waals surface area contributed by atoms with Gasteiger partial charge < -0.3 is 5.32 Å². The fraction of sp³-hybridized carbons (Fsp3) is 0.0952. The zero-order valence-corrected chi connectivity index (χ0v) is 15.6. The minimum Gasteiger partial charge on any atom is -0.344 e. The van der Waals surface area contributed by atoms with E-state index in [1.807, 2.05) is 42.5 Å². The average Bonchev–Trinajstić information content (AvgIpc) is 3.03. The number of carbonyl (C=O) groups excluding carboxylic acids is 1. The molecule has 0 aliphatic carbocycles. The molecule has 1 amide bonds. The highest BCUT2D eigenvalue weighted by Crippen LogP contribution is 2.23. The largest absolute Gasteiger partial charge is 0.350 e. The molecule has 0 spiro atoms. The van der Waals surface area contributed by atoms with Crippen LogP contribution in [0, 0.1) is 0 Å². The lowest BCUT2D eigenvalue weighted by molar-refractivity contribution is -0.122. The van der Waals surface area contributed by atoms with Crippen molar-refractivity contribution in [2.24, 2.45) is 0 Å². The molecule has 0 fully saturated rings. The van der Waals surface area contributed by atoms with E-state index in [0.717, 1.165) is 15.8 Å². The number of pyridine rings is 1. The van der Waals surface area contributed by atoms with E-state index in [-0.39, 0.29) is 24.2 Å². The Bertz CT molecular complexity index is 1170. The lowest BCUT2D eigenvalue weighted by Gasteiger charge is -2.20. The van der Waals surface area contributed by atoms with Crippen molar-refractivity contribution < 1.29 is 4.79 Å². The topological polar surface area (TPSA) is 68.4 Å². The minimum atomic E-state index is -0.362. The second kappa shape index (κ2) is 7.70. The molecule has 4 rings (SSSR count). The molecule has 6 nitrogen and oxygen atoms in total. The van der Waals surface area contributed by atoms with Crippen LogP contribution in [0.3, 0.4) is 0 Å². The maximum Gasteiger partial charge on any atom is 0.350 e. The first kappa shape index (κ1) is 18.0. The number of hydrogen-bond donors (Lipinski definition) is 1. The van der Waals surface area contributed by atoms with Gasteiger partial charge in [-0.1, -0.05) is 60.1 Å². The fourth-order valence-corrected chi connectivity index (χ4v) is 3.20. The van der Waals surface area contributed by atoms with Crippen LogP contribution in [0.4, 0.5) is 0 Å². The third-order valence-electron chi connectivity index (χ3n) is 4.42. The zero-order chi connectivity index (χ0) is 19.5. The van der Waals surface area contributed by atoms with Gasteiger partial charge in [0.1, 0.15) is 6.54 Å². The Kier molecular flexibility index (Phi) is 4.95. The van der Waals surface area contributed by atoms with Crippen LogP contribution in [-0.2, 0) is 11.3 Å². The van der Waals surface area contributed by atoms with E-state index < -0.39 is 0 Å². The Labute approximate surface area is 166 Å². The lowest BCUT2D eigenvalue weighted by atomic mass is 9.99. The Morgan fingerprint density at radius 2 is 1.64 bits per heavy atom. The molecule has 0 radical (unpaired) electrons. The van der Waals surface area contributed by atoms with Crippen molar-refractivity contribution in [1.29, 1.82) is 0 Å². The van der Waals surface area contributed by atoms with E-state index in [9.17, 15) is 9.59 Å². The summed E-state index contributed by atoms with van der Waals surface area (Å²) in [6, 6.07) is 21.8. The molecule has 2 aromatic heterocycles. The molecular weight excluding hydrogens is 376 g/mol. The summed E-state index contributed by atoms with van der Waals surface area (Å²) >= 11 is 6.00. The quantitative estimate of drug-likeness (QED) is 0.567. The van der Waals surface area contributed by atoms with Gasteiger partial charge in [0.25, 0.3) is 0 Å². The molecule has 1 atom stereocenters. The van der Waals surface area contributed by atoms with Crippen LogP contribution in [0.2, 0.25) is 5.02 Å². The van der Waals surface area contributed by atoms with Gasteiger partial charge in [0.05, 0.1) is 6.04 Å². The van der Waals surface area contributed by atoms with Crippen molar-refractivity contribution in [3.8, 4) is 0 Å². The summed E-state index contributed by atoms with van der Waals surface area (Å²) in [7, 11) is 0. The predicted molar refractivity (Wildman–Crippen MR) is 107 cm³/mol. The smallest absolute Gasteiger partial charge is 0.344 e. The van der Waals surface area contributed by atoms with Gasteiger partial charge in [0.2, 0.25) is 5.91 Å². The van der Waals surface area contributed by atoms with Crippen LogP contribution >= 0.6 is 11.6 Å². The van der Waals surface area contributed by atoms with Crippen molar-refractivity contribution >= 4 is 23.2 Å². The van der Waals surface area contributed by atoms with Crippen molar-refractivity contribution in [1.82, 2.24) is 19.5 Å². The first-order valence-electron chi connectivity index (χ1n) is 8.76. The average molecular weight is 393 g/mol. The second-order valence-electron chi connectivity index (χ2n) is 6.33. The molecule has 4 aromatic rings. The molecule has 0 aliphatic rings. The molecule has 7 heteroatoms. The molecule has 140 valence electrons. The Hall–Kier alpha value is -3.38. The number of carbonyl (C=O) groups is 1. The molecule has 0 saturated carbocycles. The van der Waals surface area contributed by atoms with E-state index in [4.69, 9.17) is 11.6 Å². The number of halogens is 1. The maximum atomic E-state index is 12.7. The van der Waals surface area contributed by atoms with Gasteiger partial charge in [-0.15, -0.1) is 5.10 Å². The van der Waals surface area contributed by atoms with Gasteiger partial charge in [-0.05, 0) is 35.4 Å². The van der Waals surface area contributed by atoms with Crippen LogP contribution in [0.5, 0.6) is 0 Å². The van der Waals surface area contributed by atoms with Crippen molar-refractivity contribution in [3.63, 3.8) is 0 Å². The van der Waals surface area contributed by atoms with Crippen LogP contribution in [-0.4, -0.2) is 20.1 Å². The summed E-state index contributed by atoms with van der Waals surface area (Å²) in [6.07, 6.45) is 1.62. The van der Waals surface area contributed by atoms with E-state index in [1.54, 1.807) is 36.5 Å². The van der Waals surface area contributed by atoms with E-state index in [2.05, 4.69) is 10.4 Å². The highest BCUT2D eigenvalue weighted by molar-refractivity contribution is 6.30. The van der Waals surface area contributed by atoms with Gasteiger partial charge in [-0.2, -0.15) is 0 Å².